The summed E-state index contributed by atoms with van der Waals surface area (Å²) < 4.78 is 5.44. The van der Waals surface area contributed by atoms with Gasteiger partial charge >= 0.3 is 0 Å². The molecular weight excluding hydrogens is 218 g/mol. The first-order valence-corrected chi connectivity index (χ1v) is 5.14. The molecule has 0 saturated carbocycles. The first kappa shape index (κ1) is 9.77. The third-order valence-electron chi connectivity index (χ3n) is 2.56. The topological polar surface area (TPSA) is 71.8 Å². The standard InChI is InChI=1S/C12H9N3O2/c1-7-15-9-3-2-8(4-11(9)17-7)12-10(5-16)13-6-14-12/h2-6H,1H3,(H,13,14). The Bertz CT molecular complexity index is 697. The molecule has 0 atom stereocenters. The van der Waals surface area contributed by atoms with Gasteiger partial charge in [0.25, 0.3) is 0 Å². The molecule has 3 rings (SSSR count). The highest BCUT2D eigenvalue weighted by atomic mass is 16.3. The summed E-state index contributed by atoms with van der Waals surface area (Å²) >= 11 is 0. The van der Waals surface area contributed by atoms with Crippen molar-refractivity contribution in [2.75, 3.05) is 0 Å². The third-order valence-corrected chi connectivity index (χ3v) is 2.56. The van der Waals surface area contributed by atoms with E-state index in [1.54, 1.807) is 6.92 Å². The average Bonchev–Trinajstić information content (AvgIpc) is 2.91. The van der Waals surface area contributed by atoms with E-state index in [4.69, 9.17) is 4.42 Å². The van der Waals surface area contributed by atoms with Crippen molar-refractivity contribution in [1.29, 1.82) is 0 Å². The Labute approximate surface area is 96.5 Å². The number of aromatic nitrogens is 3. The number of oxazole rings is 1. The lowest BCUT2D eigenvalue weighted by atomic mass is 10.1. The van der Waals surface area contributed by atoms with E-state index in [-0.39, 0.29) is 0 Å². The summed E-state index contributed by atoms with van der Waals surface area (Å²) in [7, 11) is 0. The highest BCUT2D eigenvalue weighted by molar-refractivity contribution is 5.86. The van der Waals surface area contributed by atoms with Crippen LogP contribution in [0, 0.1) is 6.92 Å². The monoisotopic (exact) mass is 227 g/mol. The van der Waals surface area contributed by atoms with Gasteiger partial charge in [-0.1, -0.05) is 6.07 Å². The van der Waals surface area contributed by atoms with Crippen molar-refractivity contribution in [3.63, 3.8) is 0 Å². The van der Waals surface area contributed by atoms with Crippen LogP contribution in [-0.4, -0.2) is 21.2 Å². The molecule has 5 heteroatoms. The van der Waals surface area contributed by atoms with Crippen LogP contribution in [0.3, 0.4) is 0 Å². The van der Waals surface area contributed by atoms with Crippen LogP contribution in [0.4, 0.5) is 0 Å². The van der Waals surface area contributed by atoms with Crippen molar-refractivity contribution in [1.82, 2.24) is 15.0 Å². The maximum atomic E-state index is 10.8. The molecule has 0 aliphatic heterocycles. The van der Waals surface area contributed by atoms with E-state index >= 15 is 0 Å². The second-order valence-electron chi connectivity index (χ2n) is 3.70. The number of aldehydes is 1. The molecule has 1 N–H and O–H groups in total. The van der Waals surface area contributed by atoms with Crippen molar-refractivity contribution in [2.24, 2.45) is 0 Å². The van der Waals surface area contributed by atoms with Gasteiger partial charge in [-0.25, -0.2) is 9.97 Å². The Kier molecular flexibility index (Phi) is 2.04. The summed E-state index contributed by atoms with van der Waals surface area (Å²) in [6.07, 6.45) is 2.24. The average molecular weight is 227 g/mol. The number of nitrogens with zero attached hydrogens (tertiary/aromatic N) is 2. The predicted octanol–water partition coefficient (Wildman–Crippen LogP) is 2.34. The van der Waals surface area contributed by atoms with Crippen molar-refractivity contribution in [3.8, 4) is 11.3 Å². The normalized spacial score (nSPS) is 10.9. The summed E-state index contributed by atoms with van der Waals surface area (Å²) in [6.45, 7) is 1.80. The highest BCUT2D eigenvalue weighted by Crippen LogP contribution is 2.24. The SMILES string of the molecule is Cc1nc2ccc(-c3nc[nH]c3C=O)cc2o1. The lowest BCUT2D eigenvalue weighted by Gasteiger charge is -1.97. The maximum absolute atomic E-state index is 10.8. The number of benzene rings is 1. The minimum atomic E-state index is 0.459. The Balaban J connectivity index is 2.20. The number of carbonyl (C=O) groups excluding carboxylic acids is 1. The summed E-state index contributed by atoms with van der Waals surface area (Å²) in [6, 6.07) is 5.55. The Hall–Kier alpha value is -2.43. The molecule has 3 aromatic rings. The van der Waals surface area contributed by atoms with Gasteiger partial charge in [0.1, 0.15) is 11.2 Å². The molecule has 2 heterocycles. The fraction of sp³-hybridized carbons (Fsp3) is 0.0833. The molecule has 5 nitrogen and oxygen atoms in total. The molecule has 0 bridgehead atoms. The van der Waals surface area contributed by atoms with Crippen LogP contribution in [0.2, 0.25) is 0 Å². The minimum Gasteiger partial charge on any atom is -0.441 e. The molecule has 0 radical (unpaired) electrons. The van der Waals surface area contributed by atoms with Crippen LogP contribution in [0.15, 0.2) is 28.9 Å². The minimum absolute atomic E-state index is 0.459. The van der Waals surface area contributed by atoms with Gasteiger partial charge in [0.2, 0.25) is 0 Å². The van der Waals surface area contributed by atoms with E-state index in [0.29, 0.717) is 22.9 Å². The van der Waals surface area contributed by atoms with Gasteiger partial charge in [-0.05, 0) is 12.1 Å². The van der Waals surface area contributed by atoms with E-state index in [1.807, 2.05) is 18.2 Å². The summed E-state index contributed by atoms with van der Waals surface area (Å²) in [5, 5.41) is 0. The van der Waals surface area contributed by atoms with E-state index in [1.165, 1.54) is 6.33 Å². The summed E-state index contributed by atoms with van der Waals surface area (Å²) in [4.78, 5) is 21.9. The zero-order valence-corrected chi connectivity index (χ0v) is 9.10. The molecule has 0 aliphatic rings. The zero-order chi connectivity index (χ0) is 11.8. The van der Waals surface area contributed by atoms with Crippen LogP contribution in [0.1, 0.15) is 16.4 Å². The number of H-pyrrole nitrogens is 1. The van der Waals surface area contributed by atoms with Gasteiger partial charge in [-0.2, -0.15) is 0 Å². The van der Waals surface area contributed by atoms with Gasteiger partial charge in [0, 0.05) is 12.5 Å². The molecule has 2 aromatic heterocycles. The molecule has 0 unspecified atom stereocenters. The van der Waals surface area contributed by atoms with Crippen molar-refractivity contribution in [3.05, 3.63) is 36.1 Å². The lowest BCUT2D eigenvalue weighted by molar-refractivity contribution is 0.112. The predicted molar refractivity (Wildman–Crippen MR) is 61.7 cm³/mol. The van der Waals surface area contributed by atoms with Crippen LogP contribution < -0.4 is 0 Å². The molecule has 0 aliphatic carbocycles. The number of imidazole rings is 1. The van der Waals surface area contributed by atoms with E-state index in [9.17, 15) is 4.79 Å². The Morgan fingerprint density at radius 2 is 2.29 bits per heavy atom. The number of aryl methyl sites for hydroxylation is 1. The van der Waals surface area contributed by atoms with Gasteiger partial charge in [-0.3, -0.25) is 4.79 Å². The van der Waals surface area contributed by atoms with Crippen molar-refractivity contribution < 1.29 is 9.21 Å². The first-order chi connectivity index (χ1) is 8.28. The van der Waals surface area contributed by atoms with Gasteiger partial charge in [-0.15, -0.1) is 0 Å². The van der Waals surface area contributed by atoms with Crippen LogP contribution >= 0.6 is 0 Å². The quantitative estimate of drug-likeness (QED) is 0.682. The summed E-state index contributed by atoms with van der Waals surface area (Å²) in [5.41, 5.74) is 3.41. The molecule has 0 spiro atoms. The third kappa shape index (κ3) is 1.52. The number of carbonyl (C=O) groups is 1. The van der Waals surface area contributed by atoms with Crippen LogP contribution in [-0.2, 0) is 0 Å². The second kappa shape index (κ2) is 3.55. The molecule has 0 fully saturated rings. The molecular formula is C12H9N3O2. The fourth-order valence-corrected chi connectivity index (χ4v) is 1.81. The van der Waals surface area contributed by atoms with Crippen LogP contribution in [0.5, 0.6) is 0 Å². The number of hydrogen-bond donors (Lipinski definition) is 1. The highest BCUT2D eigenvalue weighted by Gasteiger charge is 2.10. The van der Waals surface area contributed by atoms with Gasteiger partial charge in [0.15, 0.2) is 17.8 Å². The van der Waals surface area contributed by atoms with Gasteiger partial charge < -0.3 is 9.40 Å². The largest absolute Gasteiger partial charge is 0.441 e. The fourth-order valence-electron chi connectivity index (χ4n) is 1.81. The number of nitrogens with one attached hydrogen (secondary N) is 1. The summed E-state index contributed by atoms with van der Waals surface area (Å²) in [5.74, 6) is 0.620. The number of aromatic amines is 1. The van der Waals surface area contributed by atoms with Crippen LogP contribution in [0.25, 0.3) is 22.4 Å². The lowest BCUT2D eigenvalue weighted by Crippen LogP contribution is -1.85. The molecule has 17 heavy (non-hydrogen) atoms. The Morgan fingerprint density at radius 3 is 3.12 bits per heavy atom. The molecule has 1 aromatic carbocycles. The van der Waals surface area contributed by atoms with E-state index < -0.39 is 0 Å². The number of hydrogen-bond acceptors (Lipinski definition) is 4. The first-order valence-electron chi connectivity index (χ1n) is 5.14. The smallest absolute Gasteiger partial charge is 0.192 e. The van der Waals surface area contributed by atoms with Crippen molar-refractivity contribution in [2.45, 2.75) is 6.92 Å². The number of rotatable bonds is 2. The van der Waals surface area contributed by atoms with Crippen molar-refractivity contribution >= 4 is 17.4 Å². The number of fused-ring (bicyclic) bond motifs is 1. The zero-order valence-electron chi connectivity index (χ0n) is 9.10. The van der Waals surface area contributed by atoms with E-state index in [0.717, 1.165) is 17.4 Å². The molecule has 0 saturated heterocycles. The molecule has 0 amide bonds. The van der Waals surface area contributed by atoms with Gasteiger partial charge in [0.05, 0.1) is 12.0 Å². The second-order valence-corrected chi connectivity index (χ2v) is 3.70. The molecule has 84 valence electrons. The maximum Gasteiger partial charge on any atom is 0.192 e. The Morgan fingerprint density at radius 1 is 1.41 bits per heavy atom. The van der Waals surface area contributed by atoms with E-state index in [2.05, 4.69) is 15.0 Å².